The van der Waals surface area contributed by atoms with Crippen molar-refractivity contribution in [1.29, 1.82) is 0 Å². The predicted octanol–water partition coefficient (Wildman–Crippen LogP) is 2.59. The Kier molecular flexibility index (Phi) is 7.11. The summed E-state index contributed by atoms with van der Waals surface area (Å²) in [5.41, 5.74) is 2.13. The van der Waals surface area contributed by atoms with Gasteiger partial charge < -0.3 is 9.64 Å². The predicted molar refractivity (Wildman–Crippen MR) is 114 cm³/mol. The van der Waals surface area contributed by atoms with Crippen molar-refractivity contribution >= 4 is 21.4 Å². The van der Waals surface area contributed by atoms with Gasteiger partial charge >= 0.3 is 0 Å². The lowest BCUT2D eigenvalue weighted by atomic mass is 10.1. The van der Waals surface area contributed by atoms with E-state index in [0.29, 0.717) is 12.3 Å². The Bertz CT molecular complexity index is 861. The summed E-state index contributed by atoms with van der Waals surface area (Å²) in [6.45, 7) is 6.16. The summed E-state index contributed by atoms with van der Waals surface area (Å²) in [5.74, 6) is 0.372. The molecule has 2 heterocycles. The molecule has 0 amide bonds. The van der Waals surface area contributed by atoms with E-state index < -0.39 is 10.0 Å². The third-order valence-electron chi connectivity index (χ3n) is 5.30. The van der Waals surface area contributed by atoms with Crippen LogP contribution in [0.15, 0.2) is 39.9 Å². The number of hydrogen-bond acceptors (Lipinski definition) is 6. The van der Waals surface area contributed by atoms with Crippen molar-refractivity contribution in [3.05, 3.63) is 46.2 Å². The van der Waals surface area contributed by atoms with Crippen molar-refractivity contribution in [2.24, 2.45) is 0 Å². The molecule has 1 aromatic heterocycles. The monoisotopic (exact) mass is 423 g/mol. The fourth-order valence-electron chi connectivity index (χ4n) is 3.47. The fourth-order valence-corrected chi connectivity index (χ4v) is 5.44. The number of ether oxygens (including phenoxy) is 1. The topological polar surface area (TPSA) is 61.9 Å². The Labute approximate surface area is 172 Å². The highest BCUT2D eigenvalue weighted by Crippen LogP contribution is 2.27. The number of nitrogens with zero attached hydrogens (tertiary/aromatic N) is 2. The minimum Gasteiger partial charge on any atom is -0.495 e. The Balaban J connectivity index is 1.81. The molecule has 28 heavy (non-hydrogen) atoms. The molecule has 6 nitrogen and oxygen atoms in total. The number of methoxy groups -OCH3 is 1. The van der Waals surface area contributed by atoms with Crippen molar-refractivity contribution in [2.45, 2.75) is 24.3 Å². The highest BCUT2D eigenvalue weighted by molar-refractivity contribution is 7.89. The Morgan fingerprint density at radius 1 is 1.21 bits per heavy atom. The third-order valence-corrected chi connectivity index (χ3v) is 7.45. The molecule has 0 saturated carbocycles. The zero-order valence-electron chi connectivity index (χ0n) is 16.7. The number of benzene rings is 1. The van der Waals surface area contributed by atoms with Crippen LogP contribution in [0.5, 0.6) is 5.75 Å². The van der Waals surface area contributed by atoms with Gasteiger partial charge in [-0.05, 0) is 53.6 Å². The molecule has 1 fully saturated rings. The van der Waals surface area contributed by atoms with E-state index in [0.717, 1.165) is 43.7 Å². The maximum atomic E-state index is 13.1. The molecular weight excluding hydrogens is 394 g/mol. The van der Waals surface area contributed by atoms with E-state index in [-0.39, 0.29) is 10.9 Å². The van der Waals surface area contributed by atoms with E-state index in [1.807, 2.05) is 18.4 Å². The van der Waals surface area contributed by atoms with Crippen LogP contribution >= 0.6 is 11.3 Å². The van der Waals surface area contributed by atoms with E-state index in [2.05, 4.69) is 33.0 Å². The normalized spacial score (nSPS) is 17.5. The highest BCUT2D eigenvalue weighted by Gasteiger charge is 2.27. The van der Waals surface area contributed by atoms with Crippen LogP contribution in [0.3, 0.4) is 0 Å². The van der Waals surface area contributed by atoms with Gasteiger partial charge in [0.1, 0.15) is 10.6 Å². The largest absolute Gasteiger partial charge is 0.495 e. The number of thiophene rings is 1. The van der Waals surface area contributed by atoms with Gasteiger partial charge in [-0.1, -0.05) is 13.0 Å². The van der Waals surface area contributed by atoms with Gasteiger partial charge in [0.05, 0.1) is 7.11 Å². The van der Waals surface area contributed by atoms with Crippen LogP contribution in [0, 0.1) is 0 Å². The summed E-state index contributed by atoms with van der Waals surface area (Å²) in [7, 11) is -0.0638. The van der Waals surface area contributed by atoms with Crippen molar-refractivity contribution in [1.82, 2.24) is 14.5 Å². The van der Waals surface area contributed by atoms with Gasteiger partial charge in [-0.25, -0.2) is 13.1 Å². The number of hydrogen-bond donors (Lipinski definition) is 1. The average molecular weight is 424 g/mol. The number of sulfonamides is 1. The van der Waals surface area contributed by atoms with Crippen LogP contribution in [0.1, 0.15) is 24.1 Å². The third kappa shape index (κ3) is 4.93. The van der Waals surface area contributed by atoms with Gasteiger partial charge in [0, 0.05) is 38.8 Å². The van der Waals surface area contributed by atoms with Gasteiger partial charge in [0.25, 0.3) is 0 Å². The van der Waals surface area contributed by atoms with E-state index >= 15 is 0 Å². The molecule has 1 aliphatic rings. The summed E-state index contributed by atoms with van der Waals surface area (Å²) < 4.78 is 34.3. The maximum Gasteiger partial charge on any atom is 0.244 e. The second-order valence-electron chi connectivity index (χ2n) is 7.10. The average Bonchev–Trinajstić information content (AvgIpc) is 3.23. The number of aryl methyl sites for hydroxylation is 1. The lowest BCUT2D eigenvalue weighted by molar-refractivity contribution is 0.113. The fraction of sp³-hybridized carbons (Fsp3) is 0.500. The molecule has 0 aliphatic carbocycles. The van der Waals surface area contributed by atoms with E-state index in [1.54, 1.807) is 23.5 Å². The summed E-state index contributed by atoms with van der Waals surface area (Å²) in [6.07, 6.45) is 0.769. The molecule has 1 unspecified atom stereocenters. The van der Waals surface area contributed by atoms with Crippen molar-refractivity contribution in [3.63, 3.8) is 0 Å². The summed E-state index contributed by atoms with van der Waals surface area (Å²) >= 11 is 1.64. The first-order chi connectivity index (χ1) is 13.4. The second-order valence-corrected chi connectivity index (χ2v) is 9.62. The number of rotatable bonds is 8. The van der Waals surface area contributed by atoms with Crippen LogP contribution in [-0.2, 0) is 16.4 Å². The zero-order valence-corrected chi connectivity index (χ0v) is 18.4. The molecule has 1 aromatic carbocycles. The quantitative estimate of drug-likeness (QED) is 0.707. The minimum atomic E-state index is -3.68. The van der Waals surface area contributed by atoms with E-state index in [4.69, 9.17) is 4.74 Å². The SMILES string of the molecule is CCc1ccc(OC)c(S(=O)(=O)NCC(c2ccsc2)N2CCN(C)CC2)c1. The smallest absolute Gasteiger partial charge is 0.244 e. The molecular formula is C20H29N3O3S2. The number of piperazine rings is 1. The van der Waals surface area contributed by atoms with E-state index in [1.165, 1.54) is 7.11 Å². The molecule has 0 radical (unpaired) electrons. The lowest BCUT2D eigenvalue weighted by Crippen LogP contribution is -2.48. The van der Waals surface area contributed by atoms with Gasteiger partial charge in [0.2, 0.25) is 10.0 Å². The Morgan fingerprint density at radius 2 is 1.96 bits per heavy atom. The molecule has 1 aliphatic heterocycles. The summed E-state index contributed by atoms with van der Waals surface area (Å²) in [4.78, 5) is 4.87. The molecule has 1 N–H and O–H groups in total. The lowest BCUT2D eigenvalue weighted by Gasteiger charge is -2.38. The molecule has 0 bridgehead atoms. The van der Waals surface area contributed by atoms with Crippen LogP contribution in [0.2, 0.25) is 0 Å². The minimum absolute atomic E-state index is 0.0232. The molecule has 3 rings (SSSR count). The standard InChI is InChI=1S/C20H29N3O3S2/c1-4-16-5-6-19(26-3)20(13-16)28(24,25)21-14-18(17-7-12-27-15-17)23-10-8-22(2)9-11-23/h5-7,12-13,15,18,21H,4,8-11,14H2,1-3H3. The second kappa shape index (κ2) is 9.37. The van der Waals surface area contributed by atoms with E-state index in [9.17, 15) is 8.42 Å². The first-order valence-corrected chi connectivity index (χ1v) is 12.0. The molecule has 154 valence electrons. The van der Waals surface area contributed by atoms with Gasteiger partial charge in [-0.15, -0.1) is 0 Å². The Hall–Kier alpha value is -1.45. The van der Waals surface area contributed by atoms with Crippen molar-refractivity contribution in [3.8, 4) is 5.75 Å². The number of nitrogens with one attached hydrogen (secondary N) is 1. The first-order valence-electron chi connectivity index (χ1n) is 9.56. The number of likely N-dealkylation sites (N-methyl/N-ethyl adjacent to an activating group) is 1. The zero-order chi connectivity index (χ0) is 20.1. The van der Waals surface area contributed by atoms with Crippen LogP contribution in [0.4, 0.5) is 0 Å². The highest BCUT2D eigenvalue weighted by atomic mass is 32.2. The van der Waals surface area contributed by atoms with Crippen LogP contribution in [0.25, 0.3) is 0 Å². The summed E-state index contributed by atoms with van der Waals surface area (Å²) in [6, 6.07) is 7.44. The van der Waals surface area contributed by atoms with Gasteiger partial charge in [0.15, 0.2) is 0 Å². The van der Waals surface area contributed by atoms with Gasteiger partial charge in [-0.2, -0.15) is 11.3 Å². The summed E-state index contributed by atoms with van der Waals surface area (Å²) in [5, 5.41) is 4.15. The van der Waals surface area contributed by atoms with Gasteiger partial charge in [-0.3, -0.25) is 4.90 Å². The van der Waals surface area contributed by atoms with Crippen LogP contribution in [-0.4, -0.2) is 65.1 Å². The Morgan fingerprint density at radius 3 is 2.57 bits per heavy atom. The maximum absolute atomic E-state index is 13.1. The molecule has 0 spiro atoms. The first kappa shape index (κ1) is 21.3. The van der Waals surface area contributed by atoms with Crippen molar-refractivity contribution < 1.29 is 13.2 Å². The van der Waals surface area contributed by atoms with Crippen LogP contribution < -0.4 is 9.46 Å². The molecule has 8 heteroatoms. The molecule has 2 aromatic rings. The molecule has 1 atom stereocenters. The van der Waals surface area contributed by atoms with Crippen molar-refractivity contribution in [2.75, 3.05) is 46.9 Å². The molecule has 1 saturated heterocycles.